The van der Waals surface area contributed by atoms with Crippen LogP contribution in [0.2, 0.25) is 0 Å². The third-order valence-corrected chi connectivity index (χ3v) is 2.03. The molecule has 1 N–H and O–H groups in total. The molecule has 5 nitrogen and oxygen atoms in total. The van der Waals surface area contributed by atoms with Crippen molar-refractivity contribution in [3.05, 3.63) is 54.8 Å². The van der Waals surface area contributed by atoms with Crippen molar-refractivity contribution in [3.63, 3.8) is 0 Å². The molecule has 18 heavy (non-hydrogen) atoms. The third-order valence-electron chi connectivity index (χ3n) is 2.03. The SMILES string of the molecule is C=CC(=O)N(C=Cc1ccccc1)C(=O)C(=O)O. The topological polar surface area (TPSA) is 74.7 Å². The predicted molar refractivity (Wildman–Crippen MR) is 65.2 cm³/mol. The molecule has 0 atom stereocenters. The van der Waals surface area contributed by atoms with Crippen LogP contribution < -0.4 is 0 Å². The summed E-state index contributed by atoms with van der Waals surface area (Å²) in [6.45, 7) is 3.21. The zero-order chi connectivity index (χ0) is 13.5. The largest absolute Gasteiger partial charge is 0.474 e. The summed E-state index contributed by atoms with van der Waals surface area (Å²) in [4.78, 5) is 33.7. The van der Waals surface area contributed by atoms with Gasteiger partial charge in [-0.05, 0) is 17.7 Å². The molecule has 0 bridgehead atoms. The van der Waals surface area contributed by atoms with Crippen LogP contribution in [0.1, 0.15) is 5.56 Å². The number of aliphatic carboxylic acids is 1. The lowest BCUT2D eigenvalue weighted by Crippen LogP contribution is -2.36. The molecule has 0 aliphatic carbocycles. The normalized spacial score (nSPS) is 10.0. The van der Waals surface area contributed by atoms with Gasteiger partial charge < -0.3 is 5.11 Å². The van der Waals surface area contributed by atoms with Crippen LogP contribution in [0.3, 0.4) is 0 Å². The highest BCUT2D eigenvalue weighted by Gasteiger charge is 2.23. The van der Waals surface area contributed by atoms with Gasteiger partial charge in [-0.25, -0.2) is 9.69 Å². The Labute approximate surface area is 104 Å². The van der Waals surface area contributed by atoms with Crippen LogP contribution in [-0.2, 0) is 14.4 Å². The van der Waals surface area contributed by atoms with Gasteiger partial charge >= 0.3 is 11.9 Å². The average Bonchev–Trinajstić information content (AvgIpc) is 2.39. The molecule has 1 rings (SSSR count). The van der Waals surface area contributed by atoms with Gasteiger partial charge in [0.05, 0.1) is 0 Å². The van der Waals surface area contributed by atoms with E-state index in [9.17, 15) is 14.4 Å². The number of benzene rings is 1. The molecule has 2 amide bonds. The summed E-state index contributed by atoms with van der Waals surface area (Å²) in [5, 5.41) is 8.58. The Bertz CT molecular complexity index is 505. The molecule has 0 aliphatic heterocycles. The molecule has 5 heteroatoms. The van der Waals surface area contributed by atoms with Gasteiger partial charge in [0.1, 0.15) is 0 Å². The van der Waals surface area contributed by atoms with E-state index in [-0.39, 0.29) is 0 Å². The number of hydrogen-bond acceptors (Lipinski definition) is 3. The summed E-state index contributed by atoms with van der Waals surface area (Å²) >= 11 is 0. The first-order valence-electron chi connectivity index (χ1n) is 5.02. The van der Waals surface area contributed by atoms with Crippen LogP contribution in [0.25, 0.3) is 6.08 Å². The molecule has 0 unspecified atom stereocenters. The van der Waals surface area contributed by atoms with Crippen LogP contribution >= 0.6 is 0 Å². The van der Waals surface area contributed by atoms with Crippen molar-refractivity contribution >= 4 is 23.9 Å². The van der Waals surface area contributed by atoms with Gasteiger partial charge in [0.15, 0.2) is 0 Å². The molecule has 0 heterocycles. The maximum Gasteiger partial charge on any atom is 0.395 e. The standard InChI is InChI=1S/C13H11NO4/c1-2-11(15)14(12(16)13(17)18)9-8-10-6-4-3-5-7-10/h2-9H,1H2,(H,17,18). The van der Waals surface area contributed by atoms with Gasteiger partial charge in [0, 0.05) is 6.20 Å². The summed E-state index contributed by atoms with van der Waals surface area (Å²) in [6.07, 6.45) is 3.44. The number of hydrogen-bond donors (Lipinski definition) is 1. The van der Waals surface area contributed by atoms with E-state index < -0.39 is 17.8 Å². The number of carboxylic acid groups (broad SMARTS) is 1. The molecular weight excluding hydrogens is 234 g/mol. The minimum absolute atomic E-state index is 0.488. The minimum atomic E-state index is -1.71. The first kappa shape index (κ1) is 13.4. The van der Waals surface area contributed by atoms with Crippen LogP contribution in [0, 0.1) is 0 Å². The summed E-state index contributed by atoms with van der Waals surface area (Å²) in [5.74, 6) is -3.83. The lowest BCUT2D eigenvalue weighted by atomic mass is 10.2. The number of carboxylic acids is 1. The van der Waals surface area contributed by atoms with Gasteiger partial charge in [0.2, 0.25) is 0 Å². The first-order valence-corrected chi connectivity index (χ1v) is 5.02. The van der Waals surface area contributed by atoms with Gasteiger partial charge in [-0.3, -0.25) is 9.59 Å². The number of rotatable bonds is 3. The van der Waals surface area contributed by atoms with E-state index in [2.05, 4.69) is 6.58 Å². The maximum atomic E-state index is 11.4. The molecule has 1 aromatic rings. The Morgan fingerprint density at radius 2 is 1.78 bits per heavy atom. The van der Waals surface area contributed by atoms with E-state index in [0.717, 1.165) is 17.8 Å². The predicted octanol–water partition coefficient (Wildman–Crippen LogP) is 1.28. The number of nitrogens with zero attached hydrogens (tertiary/aromatic N) is 1. The molecule has 0 aliphatic rings. The number of imide groups is 1. The van der Waals surface area contributed by atoms with E-state index in [1.165, 1.54) is 6.08 Å². The van der Waals surface area contributed by atoms with E-state index in [0.29, 0.717) is 4.90 Å². The van der Waals surface area contributed by atoms with Crippen molar-refractivity contribution in [3.8, 4) is 0 Å². The molecule has 92 valence electrons. The number of amides is 2. The van der Waals surface area contributed by atoms with Gasteiger partial charge in [0.25, 0.3) is 5.91 Å². The van der Waals surface area contributed by atoms with Crippen molar-refractivity contribution in [2.75, 3.05) is 0 Å². The molecule has 0 spiro atoms. The highest BCUT2D eigenvalue weighted by atomic mass is 16.4. The van der Waals surface area contributed by atoms with Crippen LogP contribution in [0.15, 0.2) is 49.2 Å². The van der Waals surface area contributed by atoms with Crippen molar-refractivity contribution < 1.29 is 19.5 Å². The zero-order valence-electron chi connectivity index (χ0n) is 9.45. The van der Waals surface area contributed by atoms with Gasteiger partial charge in [-0.2, -0.15) is 0 Å². The molecule has 0 saturated carbocycles. The average molecular weight is 245 g/mol. The summed E-state index contributed by atoms with van der Waals surface area (Å²) in [5.41, 5.74) is 0.734. The Morgan fingerprint density at radius 3 is 2.28 bits per heavy atom. The van der Waals surface area contributed by atoms with E-state index >= 15 is 0 Å². The monoisotopic (exact) mass is 245 g/mol. The van der Waals surface area contributed by atoms with Crippen molar-refractivity contribution in [1.82, 2.24) is 4.90 Å². The summed E-state index contributed by atoms with van der Waals surface area (Å²) < 4.78 is 0. The highest BCUT2D eigenvalue weighted by molar-refractivity contribution is 6.35. The highest BCUT2D eigenvalue weighted by Crippen LogP contribution is 2.04. The van der Waals surface area contributed by atoms with Gasteiger partial charge in [-0.15, -0.1) is 0 Å². The van der Waals surface area contributed by atoms with E-state index in [4.69, 9.17) is 5.11 Å². The lowest BCUT2D eigenvalue weighted by Gasteiger charge is -2.11. The molecular formula is C13H11NO4. The number of carbonyl (C=O) groups is 3. The lowest BCUT2D eigenvalue weighted by molar-refractivity contribution is -0.157. The fourth-order valence-electron chi connectivity index (χ4n) is 1.17. The first-order chi connectivity index (χ1) is 8.56. The molecule has 0 radical (unpaired) electrons. The smallest absolute Gasteiger partial charge is 0.395 e. The van der Waals surface area contributed by atoms with Crippen LogP contribution in [-0.4, -0.2) is 27.8 Å². The van der Waals surface area contributed by atoms with Crippen molar-refractivity contribution in [1.29, 1.82) is 0 Å². The van der Waals surface area contributed by atoms with Crippen LogP contribution in [0.4, 0.5) is 0 Å². The van der Waals surface area contributed by atoms with E-state index in [1.807, 2.05) is 6.07 Å². The second-order valence-electron chi connectivity index (χ2n) is 3.25. The number of carbonyl (C=O) groups excluding carboxylic acids is 2. The van der Waals surface area contributed by atoms with Crippen molar-refractivity contribution in [2.45, 2.75) is 0 Å². The second-order valence-corrected chi connectivity index (χ2v) is 3.25. The summed E-state index contributed by atoms with van der Waals surface area (Å²) in [7, 11) is 0. The molecule has 0 saturated heterocycles. The van der Waals surface area contributed by atoms with Crippen LogP contribution in [0.5, 0.6) is 0 Å². The Kier molecular flexibility index (Phi) is 4.57. The Hall–Kier alpha value is -2.69. The Balaban J connectivity index is 2.96. The Morgan fingerprint density at radius 1 is 1.17 bits per heavy atom. The maximum absolute atomic E-state index is 11.4. The fraction of sp³-hybridized carbons (Fsp3) is 0. The van der Waals surface area contributed by atoms with E-state index in [1.54, 1.807) is 24.3 Å². The van der Waals surface area contributed by atoms with Gasteiger partial charge in [-0.1, -0.05) is 36.9 Å². The quantitative estimate of drug-likeness (QED) is 0.643. The molecule has 0 aromatic heterocycles. The second kappa shape index (κ2) is 6.15. The minimum Gasteiger partial charge on any atom is -0.474 e. The third kappa shape index (κ3) is 3.41. The molecule has 1 aromatic carbocycles. The zero-order valence-corrected chi connectivity index (χ0v) is 9.45. The molecule has 0 fully saturated rings. The van der Waals surface area contributed by atoms with Crippen molar-refractivity contribution in [2.24, 2.45) is 0 Å². The fourth-order valence-corrected chi connectivity index (χ4v) is 1.17. The summed E-state index contributed by atoms with van der Waals surface area (Å²) in [6, 6.07) is 8.86.